The number of hydrogen-bond acceptors (Lipinski definition) is 12. The zero-order chi connectivity index (χ0) is 28.5. The van der Waals surface area contributed by atoms with Gasteiger partial charge < -0.3 is 0 Å². The molecule has 0 fully saturated rings. The summed E-state index contributed by atoms with van der Waals surface area (Å²) in [5, 5.41) is 45.0. The summed E-state index contributed by atoms with van der Waals surface area (Å²) < 4.78 is 11.3. The number of nitrogens with zero attached hydrogens (tertiary/aromatic N) is 4. The van der Waals surface area contributed by atoms with Crippen molar-refractivity contribution in [2.24, 2.45) is 0 Å². The van der Waals surface area contributed by atoms with Crippen molar-refractivity contribution in [1.29, 1.82) is 0 Å². The molecule has 0 atom stereocenters. The van der Waals surface area contributed by atoms with Gasteiger partial charge >= 0.3 is 221 Å². The number of hydrogen-bond donors (Lipinski definition) is 0. The summed E-state index contributed by atoms with van der Waals surface area (Å²) in [7, 11) is 0. The average molecular weight is 654 g/mol. The monoisotopic (exact) mass is 656 g/mol. The van der Waals surface area contributed by atoms with Crippen molar-refractivity contribution < 1.29 is 35.5 Å². The van der Waals surface area contributed by atoms with Crippen molar-refractivity contribution in [3.8, 4) is 0 Å². The summed E-state index contributed by atoms with van der Waals surface area (Å²) in [6, 6.07) is 11.2. The van der Waals surface area contributed by atoms with E-state index in [1.807, 2.05) is 0 Å². The molecule has 0 aromatic heterocycles. The molecule has 0 unspecified atom stereocenters. The third-order valence-electron chi connectivity index (χ3n) is 5.44. The molecular formula is C22H14N4O12Te. The fraction of sp³-hybridized carbons (Fsp3) is 0.0909. The van der Waals surface area contributed by atoms with Crippen LogP contribution < -0.4 is 0 Å². The van der Waals surface area contributed by atoms with E-state index < -0.39 is 84.5 Å². The normalized spacial score (nSPS) is 13.9. The number of nitro groups is 4. The molecule has 200 valence electrons. The van der Waals surface area contributed by atoms with Crippen LogP contribution in [0.5, 0.6) is 0 Å². The van der Waals surface area contributed by atoms with Crippen LogP contribution in [-0.4, -0.2) is 50.6 Å². The molecule has 0 amide bonds. The van der Waals surface area contributed by atoms with Gasteiger partial charge in [-0.05, 0) is 0 Å². The van der Waals surface area contributed by atoms with Crippen molar-refractivity contribution in [2.45, 2.75) is 8.94 Å². The van der Waals surface area contributed by atoms with E-state index in [0.29, 0.717) is 23.3 Å². The average Bonchev–Trinajstić information content (AvgIpc) is 3.25. The first-order valence-corrected chi connectivity index (χ1v) is 15.8. The number of fused-ring (bicyclic) bond motifs is 1. The molecule has 3 aromatic rings. The summed E-state index contributed by atoms with van der Waals surface area (Å²) in [5.41, 5.74) is -2.67. The van der Waals surface area contributed by atoms with Gasteiger partial charge in [0.1, 0.15) is 0 Å². The molecule has 3 aromatic carbocycles. The molecule has 4 rings (SSSR count). The quantitative estimate of drug-likeness (QED) is 0.193. The minimum absolute atomic E-state index is 0.0236. The van der Waals surface area contributed by atoms with Gasteiger partial charge in [-0.3, -0.25) is 0 Å². The van der Waals surface area contributed by atoms with Gasteiger partial charge in [-0.2, -0.15) is 0 Å². The molecule has 1 heterocycles. The van der Waals surface area contributed by atoms with Crippen molar-refractivity contribution in [3.63, 3.8) is 0 Å². The Morgan fingerprint density at radius 1 is 0.590 bits per heavy atom. The standard InChI is InChI=1S/C22H14N4O12Te/c27-21(15-5-17(23(29)30)9-18(6-15)24(31)32)37-39(11-13-3-1-2-4-14(13)12-39)38-22(28)16-7-19(25(33)34)10-20(8-16)26(35)36/h1-10H,11-12H2. The van der Waals surface area contributed by atoms with Crippen molar-refractivity contribution in [2.75, 3.05) is 0 Å². The Kier molecular flexibility index (Phi) is 7.21. The first-order valence-electron chi connectivity index (χ1n) is 10.6. The Labute approximate surface area is 221 Å². The molecule has 1 aliphatic rings. The van der Waals surface area contributed by atoms with Gasteiger partial charge in [-0.25, -0.2) is 0 Å². The molecule has 0 radical (unpaired) electrons. The molecular weight excluding hydrogens is 640 g/mol. The van der Waals surface area contributed by atoms with Gasteiger partial charge in [0, 0.05) is 0 Å². The molecule has 16 nitrogen and oxygen atoms in total. The Morgan fingerprint density at radius 2 is 0.897 bits per heavy atom. The molecule has 0 spiro atoms. The van der Waals surface area contributed by atoms with E-state index in [9.17, 15) is 50.0 Å². The Balaban J connectivity index is 1.72. The van der Waals surface area contributed by atoms with Crippen LogP contribution in [0.4, 0.5) is 22.7 Å². The Hall–Kier alpha value is -5.01. The van der Waals surface area contributed by atoms with Gasteiger partial charge in [0.15, 0.2) is 0 Å². The van der Waals surface area contributed by atoms with Gasteiger partial charge in [-0.1, -0.05) is 0 Å². The van der Waals surface area contributed by atoms with E-state index >= 15 is 0 Å². The molecule has 0 saturated carbocycles. The Bertz CT molecular complexity index is 1410. The summed E-state index contributed by atoms with van der Waals surface area (Å²) in [5.74, 6) is -2.43. The molecule has 0 N–H and O–H groups in total. The van der Waals surface area contributed by atoms with E-state index in [4.69, 9.17) is 6.20 Å². The van der Waals surface area contributed by atoms with Gasteiger partial charge in [0.2, 0.25) is 0 Å². The Morgan fingerprint density at radius 3 is 1.18 bits per heavy atom. The summed E-state index contributed by atoms with van der Waals surface area (Å²) >= 11 is -4.68. The van der Waals surface area contributed by atoms with Crippen molar-refractivity contribution >= 4 is 53.7 Å². The SMILES string of the molecule is O=C(O[Te]1(OC(=O)c2cc([N+](=O)[O-])cc([N+](=O)[O-])c2)Cc2ccccc2C1)c1cc([N+](=O)[O-])cc([N+](=O)[O-])c1. The summed E-state index contributed by atoms with van der Waals surface area (Å²) in [4.78, 5) is 67.5. The molecule has 1 aliphatic heterocycles. The van der Waals surface area contributed by atoms with Crippen LogP contribution in [0.15, 0.2) is 60.7 Å². The van der Waals surface area contributed by atoms with Crippen LogP contribution in [0.25, 0.3) is 0 Å². The predicted octanol–water partition coefficient (Wildman–Crippen LogP) is 3.65. The zero-order valence-electron chi connectivity index (χ0n) is 19.3. The van der Waals surface area contributed by atoms with Crippen LogP contribution in [-0.2, 0) is 15.1 Å². The number of non-ortho nitro benzene ring substituents is 4. The second-order valence-electron chi connectivity index (χ2n) is 8.05. The van der Waals surface area contributed by atoms with Crippen LogP contribution in [0.1, 0.15) is 31.8 Å². The zero-order valence-corrected chi connectivity index (χ0v) is 21.6. The third kappa shape index (κ3) is 5.79. The first kappa shape index (κ1) is 27.0. The fourth-order valence-corrected chi connectivity index (χ4v) is 11.2. The van der Waals surface area contributed by atoms with Crippen LogP contribution in [0.2, 0.25) is 0 Å². The number of benzene rings is 3. The number of carbonyl (C=O) groups excluding carboxylic acids is 2. The van der Waals surface area contributed by atoms with Crippen molar-refractivity contribution in [3.05, 3.63) is 123 Å². The van der Waals surface area contributed by atoms with E-state index in [0.717, 1.165) is 24.3 Å². The molecule has 0 aliphatic carbocycles. The topological polar surface area (TPSA) is 225 Å². The molecule has 0 bridgehead atoms. The van der Waals surface area contributed by atoms with E-state index in [1.165, 1.54) is 0 Å². The predicted molar refractivity (Wildman–Crippen MR) is 130 cm³/mol. The first-order chi connectivity index (χ1) is 18.4. The van der Waals surface area contributed by atoms with Crippen LogP contribution in [0.3, 0.4) is 0 Å². The number of carbonyl (C=O) groups is 2. The van der Waals surface area contributed by atoms with Gasteiger partial charge in [-0.15, -0.1) is 0 Å². The minimum atomic E-state index is -4.68. The van der Waals surface area contributed by atoms with E-state index in [1.54, 1.807) is 24.3 Å². The van der Waals surface area contributed by atoms with Gasteiger partial charge in [0.25, 0.3) is 0 Å². The molecule has 17 heteroatoms. The van der Waals surface area contributed by atoms with Gasteiger partial charge in [0.05, 0.1) is 0 Å². The number of rotatable bonds is 8. The van der Waals surface area contributed by atoms with Crippen molar-refractivity contribution in [1.82, 2.24) is 0 Å². The van der Waals surface area contributed by atoms with Crippen LogP contribution in [0, 0.1) is 40.5 Å². The third-order valence-corrected chi connectivity index (χ3v) is 12.3. The van der Waals surface area contributed by atoms with E-state index in [-0.39, 0.29) is 8.94 Å². The maximum absolute atomic E-state index is 13.1. The molecule has 0 saturated heterocycles. The summed E-state index contributed by atoms with van der Waals surface area (Å²) in [6.07, 6.45) is 0. The second-order valence-corrected chi connectivity index (χ2v) is 14.9. The van der Waals surface area contributed by atoms with Crippen LogP contribution >= 0.6 is 0 Å². The number of nitro benzene ring substituents is 4. The molecule has 39 heavy (non-hydrogen) atoms. The maximum atomic E-state index is 13.1. The summed E-state index contributed by atoms with van der Waals surface area (Å²) in [6.45, 7) is 0. The fourth-order valence-electron chi connectivity index (χ4n) is 3.72. The second kappa shape index (κ2) is 10.4. The van der Waals surface area contributed by atoms with E-state index in [2.05, 4.69) is 0 Å².